The van der Waals surface area contributed by atoms with E-state index < -0.39 is 11.9 Å². The first-order chi connectivity index (χ1) is 10.5. The lowest BCUT2D eigenvalue weighted by Gasteiger charge is -2.16. The molecule has 0 radical (unpaired) electrons. The van der Waals surface area contributed by atoms with Crippen LogP contribution in [0.25, 0.3) is 0 Å². The van der Waals surface area contributed by atoms with Gasteiger partial charge < -0.3 is 9.73 Å². The molecule has 0 spiro atoms. The van der Waals surface area contributed by atoms with Crippen LogP contribution in [0, 0.1) is 6.92 Å². The van der Waals surface area contributed by atoms with Gasteiger partial charge in [0.15, 0.2) is 0 Å². The van der Waals surface area contributed by atoms with Crippen molar-refractivity contribution in [1.29, 1.82) is 0 Å². The zero-order valence-corrected chi connectivity index (χ0v) is 12.9. The third-order valence-electron chi connectivity index (χ3n) is 3.11. The van der Waals surface area contributed by atoms with Crippen molar-refractivity contribution in [2.75, 3.05) is 0 Å². The number of benzene rings is 1. The number of hydrazine groups is 1. The average molecular weight is 322 g/mol. The minimum absolute atomic E-state index is 0.304. The van der Waals surface area contributed by atoms with Gasteiger partial charge in [-0.15, -0.1) is 0 Å². The Labute approximate surface area is 132 Å². The van der Waals surface area contributed by atoms with Crippen molar-refractivity contribution in [3.05, 3.63) is 58.5 Å². The van der Waals surface area contributed by atoms with Crippen LogP contribution in [0.15, 0.2) is 41.0 Å². The van der Waals surface area contributed by atoms with Crippen LogP contribution in [-0.4, -0.2) is 11.9 Å². The molecule has 0 aliphatic carbocycles. The fourth-order valence-corrected chi connectivity index (χ4v) is 2.24. The molecule has 1 aromatic carbocycles. The maximum atomic E-state index is 11.8. The van der Waals surface area contributed by atoms with Gasteiger partial charge in [0.05, 0.1) is 17.9 Å². The fraction of sp³-hybridized carbons (Fsp3) is 0.200. The highest BCUT2D eigenvalue weighted by Crippen LogP contribution is 2.21. The Kier molecular flexibility index (Phi) is 5.06. The number of carbonyl (C=O) groups is 2. The largest absolute Gasteiger partial charge is 0.469 e. The molecule has 0 saturated carbocycles. The molecule has 22 heavy (non-hydrogen) atoms. The van der Waals surface area contributed by atoms with Gasteiger partial charge in [0.25, 0.3) is 5.91 Å². The Morgan fingerprint density at radius 2 is 1.91 bits per heavy atom. The first-order valence-corrected chi connectivity index (χ1v) is 7.02. The molecule has 3 N–H and O–H groups in total. The number of furan rings is 1. The number of halogens is 1. The van der Waals surface area contributed by atoms with E-state index in [1.807, 2.05) is 18.2 Å². The third-order valence-corrected chi connectivity index (χ3v) is 3.46. The van der Waals surface area contributed by atoms with Gasteiger partial charge in [0, 0.05) is 5.02 Å². The second-order valence-electron chi connectivity index (χ2n) is 4.69. The normalized spacial score (nSPS) is 11.6. The van der Waals surface area contributed by atoms with Crippen LogP contribution < -0.4 is 16.2 Å². The van der Waals surface area contributed by atoms with E-state index in [4.69, 9.17) is 16.0 Å². The molecule has 0 aliphatic heterocycles. The number of nitrogens with one attached hydrogen (secondary N) is 3. The molecule has 0 unspecified atom stereocenters. The van der Waals surface area contributed by atoms with Crippen LogP contribution in [0.5, 0.6) is 0 Å². The molecular weight excluding hydrogens is 306 g/mol. The molecule has 116 valence electrons. The summed E-state index contributed by atoms with van der Waals surface area (Å²) in [6.45, 7) is 3.46. The molecule has 1 atom stereocenters. The molecule has 6 nitrogen and oxygen atoms in total. The third kappa shape index (κ3) is 3.79. The summed E-state index contributed by atoms with van der Waals surface area (Å²) in [6, 6.07) is 7.89. The fourth-order valence-electron chi connectivity index (χ4n) is 1.94. The van der Waals surface area contributed by atoms with Crippen LogP contribution in [-0.2, 0) is 0 Å². The summed E-state index contributed by atoms with van der Waals surface area (Å²) in [7, 11) is 0. The number of amides is 3. The highest BCUT2D eigenvalue weighted by atomic mass is 35.5. The van der Waals surface area contributed by atoms with Crippen LogP contribution >= 0.6 is 11.6 Å². The number of rotatable bonds is 3. The number of hydrogen-bond donors (Lipinski definition) is 3. The molecule has 2 rings (SSSR count). The summed E-state index contributed by atoms with van der Waals surface area (Å²) in [6.07, 6.45) is 1.41. The molecule has 0 saturated heterocycles. The zero-order valence-electron chi connectivity index (χ0n) is 12.1. The summed E-state index contributed by atoms with van der Waals surface area (Å²) >= 11 is 6.06. The van der Waals surface area contributed by atoms with Crippen molar-refractivity contribution in [2.45, 2.75) is 19.9 Å². The SMILES string of the molecule is Cc1occc1C(=O)NNC(=O)N[C@@H](C)c1ccccc1Cl. The van der Waals surface area contributed by atoms with Crippen molar-refractivity contribution < 1.29 is 14.0 Å². The number of aryl methyl sites for hydroxylation is 1. The second kappa shape index (κ2) is 7.00. The maximum Gasteiger partial charge on any atom is 0.333 e. The number of hydrogen-bond acceptors (Lipinski definition) is 3. The standard InChI is InChI=1S/C15H16ClN3O3/c1-9(11-5-3-4-6-13(11)16)17-15(21)19-18-14(20)12-7-8-22-10(12)2/h3-9H,1-2H3,(H,18,20)(H2,17,19,21)/t9-/m0/s1. The maximum absolute atomic E-state index is 11.8. The van der Waals surface area contributed by atoms with Gasteiger partial charge in [-0.05, 0) is 31.5 Å². The van der Waals surface area contributed by atoms with Gasteiger partial charge >= 0.3 is 6.03 Å². The Bertz CT molecular complexity index is 684. The second-order valence-corrected chi connectivity index (χ2v) is 5.09. The summed E-state index contributed by atoms with van der Waals surface area (Å²) in [5.41, 5.74) is 5.74. The highest BCUT2D eigenvalue weighted by molar-refractivity contribution is 6.31. The Hall–Kier alpha value is -2.47. The van der Waals surface area contributed by atoms with Crippen molar-refractivity contribution >= 4 is 23.5 Å². The van der Waals surface area contributed by atoms with Gasteiger partial charge in [-0.3, -0.25) is 10.2 Å². The molecule has 1 heterocycles. The quantitative estimate of drug-likeness (QED) is 0.760. The monoisotopic (exact) mass is 321 g/mol. The van der Waals surface area contributed by atoms with E-state index in [1.54, 1.807) is 19.9 Å². The zero-order chi connectivity index (χ0) is 16.1. The van der Waals surface area contributed by atoms with Gasteiger partial charge in [-0.1, -0.05) is 29.8 Å². The van der Waals surface area contributed by atoms with E-state index in [-0.39, 0.29) is 6.04 Å². The lowest BCUT2D eigenvalue weighted by atomic mass is 10.1. The van der Waals surface area contributed by atoms with Crippen molar-refractivity contribution in [1.82, 2.24) is 16.2 Å². The minimum Gasteiger partial charge on any atom is -0.469 e. The van der Waals surface area contributed by atoms with E-state index in [0.29, 0.717) is 16.3 Å². The summed E-state index contributed by atoms with van der Waals surface area (Å²) in [4.78, 5) is 23.6. The van der Waals surface area contributed by atoms with Crippen LogP contribution in [0.3, 0.4) is 0 Å². The van der Waals surface area contributed by atoms with Crippen molar-refractivity contribution in [2.24, 2.45) is 0 Å². The van der Waals surface area contributed by atoms with Gasteiger partial charge in [0.1, 0.15) is 5.76 Å². The van der Waals surface area contributed by atoms with Gasteiger partial charge in [0.2, 0.25) is 0 Å². The number of urea groups is 1. The molecule has 3 amide bonds. The highest BCUT2D eigenvalue weighted by Gasteiger charge is 2.14. The van der Waals surface area contributed by atoms with Crippen molar-refractivity contribution in [3.63, 3.8) is 0 Å². The molecule has 7 heteroatoms. The molecule has 0 aliphatic rings. The summed E-state index contributed by atoms with van der Waals surface area (Å²) in [5, 5.41) is 3.24. The molecule has 1 aromatic heterocycles. The molecule has 2 aromatic rings. The smallest absolute Gasteiger partial charge is 0.333 e. The van der Waals surface area contributed by atoms with E-state index >= 15 is 0 Å². The Balaban J connectivity index is 1.87. The predicted octanol–water partition coefficient (Wildman–Crippen LogP) is 2.95. The van der Waals surface area contributed by atoms with Gasteiger partial charge in [-0.25, -0.2) is 10.2 Å². The van der Waals surface area contributed by atoms with E-state index in [9.17, 15) is 9.59 Å². The van der Waals surface area contributed by atoms with E-state index in [1.165, 1.54) is 12.3 Å². The van der Waals surface area contributed by atoms with Crippen molar-refractivity contribution in [3.8, 4) is 0 Å². The topological polar surface area (TPSA) is 83.4 Å². The Morgan fingerprint density at radius 3 is 2.55 bits per heavy atom. The van der Waals surface area contributed by atoms with Crippen LogP contribution in [0.2, 0.25) is 5.02 Å². The van der Waals surface area contributed by atoms with Crippen LogP contribution in [0.1, 0.15) is 34.6 Å². The molecule has 0 fully saturated rings. The van der Waals surface area contributed by atoms with E-state index in [0.717, 1.165) is 5.56 Å². The summed E-state index contributed by atoms with van der Waals surface area (Å²) in [5.74, 6) is 0.0240. The van der Waals surface area contributed by atoms with E-state index in [2.05, 4.69) is 16.2 Å². The lowest BCUT2D eigenvalue weighted by Crippen LogP contribution is -2.47. The van der Waals surface area contributed by atoms with Gasteiger partial charge in [-0.2, -0.15) is 0 Å². The summed E-state index contributed by atoms with van der Waals surface area (Å²) < 4.78 is 5.02. The first-order valence-electron chi connectivity index (χ1n) is 6.64. The number of carbonyl (C=O) groups excluding carboxylic acids is 2. The van der Waals surface area contributed by atoms with Crippen LogP contribution in [0.4, 0.5) is 4.79 Å². The molecule has 0 bridgehead atoms. The Morgan fingerprint density at radius 1 is 1.18 bits per heavy atom. The average Bonchev–Trinajstić information content (AvgIpc) is 2.91. The minimum atomic E-state index is -0.540. The molecular formula is C15H16ClN3O3. The first kappa shape index (κ1) is 15.9. The predicted molar refractivity (Wildman–Crippen MR) is 82.4 cm³/mol. The lowest BCUT2D eigenvalue weighted by molar-refractivity contribution is 0.0934.